The van der Waals surface area contributed by atoms with Gasteiger partial charge in [0.05, 0.1) is 0 Å². The first-order valence-corrected chi connectivity index (χ1v) is 6.61. The fourth-order valence-corrected chi connectivity index (χ4v) is 1.69. The lowest BCUT2D eigenvalue weighted by molar-refractivity contribution is -0.120. The fourth-order valence-electron chi connectivity index (χ4n) is 1.69. The summed E-state index contributed by atoms with van der Waals surface area (Å²) in [6.45, 7) is 5.28. The number of benzene rings is 1. The molecule has 1 rings (SSSR count). The molecule has 0 saturated heterocycles. The molecule has 20 heavy (non-hydrogen) atoms. The number of aryl methyl sites for hydroxylation is 1. The summed E-state index contributed by atoms with van der Waals surface area (Å²) < 4.78 is 5.11. The van der Waals surface area contributed by atoms with Crippen molar-refractivity contribution in [2.75, 3.05) is 0 Å². The molecule has 0 unspecified atom stereocenters. The Morgan fingerprint density at radius 2 is 1.85 bits per heavy atom. The summed E-state index contributed by atoms with van der Waals surface area (Å²) in [5.74, 6) is -0.563. The standard InChI is InChI=1S/C15H22N2O3/c1-15(2,3)20-14(19)17-12(13(16)18)10-9-11-7-5-4-6-8-11/h4-8,12H,9-10H2,1-3H3,(H2,16,18)(H,17,19)/t12-/m0/s1. The van der Waals surface area contributed by atoms with Crippen molar-refractivity contribution < 1.29 is 14.3 Å². The molecule has 0 heterocycles. The number of ether oxygens (including phenoxy) is 1. The molecule has 3 N–H and O–H groups in total. The number of hydrogen-bond donors (Lipinski definition) is 2. The van der Waals surface area contributed by atoms with Crippen molar-refractivity contribution in [2.24, 2.45) is 5.73 Å². The van der Waals surface area contributed by atoms with Gasteiger partial charge in [0, 0.05) is 0 Å². The van der Waals surface area contributed by atoms with Gasteiger partial charge in [-0.05, 0) is 39.2 Å². The van der Waals surface area contributed by atoms with Crippen molar-refractivity contribution in [3.8, 4) is 0 Å². The van der Waals surface area contributed by atoms with E-state index in [0.717, 1.165) is 5.56 Å². The maximum Gasteiger partial charge on any atom is 0.408 e. The van der Waals surface area contributed by atoms with Crippen LogP contribution in [0.1, 0.15) is 32.8 Å². The molecule has 1 atom stereocenters. The Hall–Kier alpha value is -2.04. The second-order valence-corrected chi connectivity index (χ2v) is 5.63. The highest BCUT2D eigenvalue weighted by molar-refractivity contribution is 5.84. The second-order valence-electron chi connectivity index (χ2n) is 5.63. The van der Waals surface area contributed by atoms with Crippen molar-refractivity contribution >= 4 is 12.0 Å². The minimum absolute atomic E-state index is 0.443. The number of primary amides is 1. The van der Waals surface area contributed by atoms with E-state index in [1.54, 1.807) is 20.8 Å². The first-order valence-electron chi connectivity index (χ1n) is 6.61. The Morgan fingerprint density at radius 1 is 1.25 bits per heavy atom. The van der Waals surface area contributed by atoms with E-state index in [1.165, 1.54) is 0 Å². The highest BCUT2D eigenvalue weighted by Gasteiger charge is 2.22. The van der Waals surface area contributed by atoms with Crippen molar-refractivity contribution in [2.45, 2.75) is 45.3 Å². The van der Waals surface area contributed by atoms with Crippen LogP contribution in [0.2, 0.25) is 0 Å². The Kier molecular flexibility index (Phi) is 5.55. The molecule has 0 fully saturated rings. The molecule has 0 aromatic heterocycles. The molecular formula is C15H22N2O3. The van der Waals surface area contributed by atoms with E-state index in [9.17, 15) is 9.59 Å². The lowest BCUT2D eigenvalue weighted by Gasteiger charge is -2.22. The minimum Gasteiger partial charge on any atom is -0.444 e. The van der Waals surface area contributed by atoms with Gasteiger partial charge in [-0.3, -0.25) is 4.79 Å². The molecule has 0 aliphatic rings. The van der Waals surface area contributed by atoms with E-state index in [1.807, 2.05) is 30.3 Å². The van der Waals surface area contributed by atoms with Crippen LogP contribution in [-0.4, -0.2) is 23.6 Å². The number of alkyl carbamates (subject to hydrolysis) is 1. The van der Waals surface area contributed by atoms with E-state index in [4.69, 9.17) is 10.5 Å². The molecule has 0 bridgehead atoms. The van der Waals surface area contributed by atoms with Crippen LogP contribution in [0.15, 0.2) is 30.3 Å². The third kappa shape index (κ3) is 6.22. The van der Waals surface area contributed by atoms with Crippen LogP contribution >= 0.6 is 0 Å². The molecule has 0 aliphatic carbocycles. The summed E-state index contributed by atoms with van der Waals surface area (Å²) in [6.07, 6.45) is 0.470. The zero-order valence-electron chi connectivity index (χ0n) is 12.2. The van der Waals surface area contributed by atoms with Gasteiger partial charge in [0.2, 0.25) is 5.91 Å². The number of nitrogens with one attached hydrogen (secondary N) is 1. The zero-order valence-corrected chi connectivity index (χ0v) is 12.2. The van der Waals surface area contributed by atoms with E-state index in [2.05, 4.69) is 5.32 Å². The lowest BCUT2D eigenvalue weighted by atomic mass is 10.1. The molecular weight excluding hydrogens is 256 g/mol. The lowest BCUT2D eigenvalue weighted by Crippen LogP contribution is -2.46. The number of carbonyl (C=O) groups excluding carboxylic acids is 2. The monoisotopic (exact) mass is 278 g/mol. The number of carbonyl (C=O) groups is 2. The minimum atomic E-state index is -0.731. The molecule has 2 amide bonds. The summed E-state index contributed by atoms with van der Waals surface area (Å²) in [5.41, 5.74) is 5.79. The maximum absolute atomic E-state index is 11.6. The Bertz CT molecular complexity index is 452. The van der Waals surface area contributed by atoms with E-state index >= 15 is 0 Å². The smallest absolute Gasteiger partial charge is 0.408 e. The zero-order chi connectivity index (χ0) is 15.2. The third-order valence-electron chi connectivity index (χ3n) is 2.60. The van der Waals surface area contributed by atoms with Crippen molar-refractivity contribution in [1.29, 1.82) is 0 Å². The predicted molar refractivity (Wildman–Crippen MR) is 77.1 cm³/mol. The van der Waals surface area contributed by atoms with Crippen LogP contribution in [-0.2, 0) is 16.0 Å². The van der Waals surface area contributed by atoms with Crippen LogP contribution in [0.25, 0.3) is 0 Å². The van der Waals surface area contributed by atoms with E-state index in [-0.39, 0.29) is 0 Å². The molecule has 0 radical (unpaired) electrons. The molecule has 0 saturated carbocycles. The van der Waals surface area contributed by atoms with Gasteiger partial charge in [-0.15, -0.1) is 0 Å². The van der Waals surface area contributed by atoms with Gasteiger partial charge in [0.15, 0.2) is 0 Å². The molecule has 5 heteroatoms. The molecule has 5 nitrogen and oxygen atoms in total. The summed E-state index contributed by atoms with van der Waals surface area (Å²) in [6, 6.07) is 8.97. The van der Waals surface area contributed by atoms with Crippen LogP contribution in [0.3, 0.4) is 0 Å². The van der Waals surface area contributed by atoms with E-state index in [0.29, 0.717) is 12.8 Å². The topological polar surface area (TPSA) is 81.4 Å². The van der Waals surface area contributed by atoms with Crippen molar-refractivity contribution in [3.63, 3.8) is 0 Å². The van der Waals surface area contributed by atoms with Gasteiger partial charge in [-0.1, -0.05) is 30.3 Å². The number of rotatable bonds is 5. The second kappa shape index (κ2) is 6.93. The predicted octanol–water partition coefficient (Wildman–Crippen LogP) is 2.00. The Morgan fingerprint density at radius 3 is 2.35 bits per heavy atom. The number of hydrogen-bond acceptors (Lipinski definition) is 3. The Labute approximate surface area is 119 Å². The van der Waals surface area contributed by atoms with Crippen LogP contribution in [0.5, 0.6) is 0 Å². The molecule has 1 aromatic rings. The summed E-state index contributed by atoms with van der Waals surface area (Å²) in [4.78, 5) is 23.0. The average molecular weight is 278 g/mol. The number of nitrogens with two attached hydrogens (primary N) is 1. The van der Waals surface area contributed by atoms with Gasteiger partial charge < -0.3 is 15.8 Å². The summed E-state index contributed by atoms with van der Waals surface area (Å²) >= 11 is 0. The Balaban J connectivity index is 2.53. The average Bonchev–Trinajstić information content (AvgIpc) is 2.33. The van der Waals surface area contributed by atoms with E-state index < -0.39 is 23.6 Å². The van der Waals surface area contributed by atoms with Crippen molar-refractivity contribution in [1.82, 2.24) is 5.32 Å². The normalized spacial score (nSPS) is 12.6. The van der Waals surface area contributed by atoms with Gasteiger partial charge in [-0.25, -0.2) is 4.79 Å². The quantitative estimate of drug-likeness (QED) is 0.864. The first kappa shape index (κ1) is 16.0. The van der Waals surface area contributed by atoms with Gasteiger partial charge in [-0.2, -0.15) is 0 Å². The van der Waals surface area contributed by atoms with Crippen molar-refractivity contribution in [3.05, 3.63) is 35.9 Å². The maximum atomic E-state index is 11.6. The molecule has 0 spiro atoms. The van der Waals surface area contributed by atoms with Gasteiger partial charge in [0.25, 0.3) is 0 Å². The van der Waals surface area contributed by atoms with Crippen LogP contribution in [0, 0.1) is 0 Å². The molecule has 0 aliphatic heterocycles. The summed E-state index contributed by atoms with van der Waals surface area (Å²) in [7, 11) is 0. The van der Waals surface area contributed by atoms with Gasteiger partial charge in [0.1, 0.15) is 11.6 Å². The largest absolute Gasteiger partial charge is 0.444 e. The molecule has 110 valence electrons. The fraction of sp³-hybridized carbons (Fsp3) is 0.467. The summed E-state index contributed by atoms with van der Waals surface area (Å²) in [5, 5.41) is 2.51. The van der Waals surface area contributed by atoms with Crippen LogP contribution < -0.4 is 11.1 Å². The highest BCUT2D eigenvalue weighted by Crippen LogP contribution is 2.08. The first-order chi connectivity index (χ1) is 9.28. The highest BCUT2D eigenvalue weighted by atomic mass is 16.6. The van der Waals surface area contributed by atoms with Gasteiger partial charge >= 0.3 is 6.09 Å². The van der Waals surface area contributed by atoms with Crippen LogP contribution in [0.4, 0.5) is 4.79 Å². The SMILES string of the molecule is CC(C)(C)OC(=O)N[C@@H](CCc1ccccc1)C(N)=O. The molecule has 1 aromatic carbocycles. The third-order valence-corrected chi connectivity index (χ3v) is 2.60. The number of amides is 2.